The third kappa shape index (κ3) is 3.68. The van der Waals surface area contributed by atoms with Gasteiger partial charge >= 0.3 is 6.18 Å². The first-order valence-electron chi connectivity index (χ1n) is 10.1. The van der Waals surface area contributed by atoms with E-state index < -0.39 is 29.6 Å². The zero-order valence-corrected chi connectivity index (χ0v) is 18.7. The van der Waals surface area contributed by atoms with Gasteiger partial charge in [-0.3, -0.25) is 4.79 Å². The molecule has 2 aliphatic heterocycles. The van der Waals surface area contributed by atoms with E-state index in [0.29, 0.717) is 22.0 Å². The van der Waals surface area contributed by atoms with Crippen molar-refractivity contribution in [1.29, 1.82) is 0 Å². The Bertz CT molecular complexity index is 1040. The normalized spacial score (nSPS) is 19.9. The Labute approximate surface area is 185 Å². The van der Waals surface area contributed by atoms with Crippen molar-refractivity contribution < 1.29 is 18.0 Å². The number of anilines is 2. The zero-order chi connectivity index (χ0) is 22.8. The minimum atomic E-state index is -4.48. The number of nitrogens with zero attached hydrogens (tertiary/aromatic N) is 2. The predicted octanol–water partition coefficient (Wildman–Crippen LogP) is 5.09. The van der Waals surface area contributed by atoms with Crippen molar-refractivity contribution in [1.82, 2.24) is 4.90 Å². The first kappa shape index (κ1) is 22.0. The van der Waals surface area contributed by atoms with Crippen LogP contribution in [0.5, 0.6) is 0 Å². The standard InChI is InChI=1S/C23H25ClF3N3O/c1-14-16(6-5-7-18(14)24)22(11-29(4)12-22)28-15-8-9-17-19(10-15)30(13-23(25,26)27)20(31)21(17,2)3/h5-10,28H,11-13H2,1-4H3. The van der Waals surface area contributed by atoms with E-state index in [9.17, 15) is 18.0 Å². The highest BCUT2D eigenvalue weighted by Crippen LogP contribution is 2.45. The van der Waals surface area contributed by atoms with Gasteiger partial charge in [-0.05, 0) is 62.7 Å². The van der Waals surface area contributed by atoms with E-state index in [0.717, 1.165) is 29.1 Å². The highest BCUT2D eigenvalue weighted by molar-refractivity contribution is 6.31. The molecule has 0 aliphatic carbocycles. The molecule has 0 spiro atoms. The Morgan fingerprint density at radius 1 is 1.13 bits per heavy atom. The number of benzene rings is 2. The zero-order valence-electron chi connectivity index (χ0n) is 17.9. The lowest BCUT2D eigenvalue weighted by Crippen LogP contribution is -2.62. The second-order valence-electron chi connectivity index (χ2n) is 9.16. The molecule has 1 amide bonds. The van der Waals surface area contributed by atoms with Crippen LogP contribution in [0.4, 0.5) is 24.5 Å². The molecule has 4 nitrogen and oxygen atoms in total. The molecule has 1 saturated heterocycles. The van der Waals surface area contributed by atoms with Gasteiger partial charge in [0.25, 0.3) is 0 Å². The topological polar surface area (TPSA) is 35.6 Å². The Hall–Kier alpha value is -2.25. The van der Waals surface area contributed by atoms with Gasteiger partial charge in [-0.1, -0.05) is 29.8 Å². The van der Waals surface area contributed by atoms with Crippen molar-refractivity contribution in [2.45, 2.75) is 37.9 Å². The summed E-state index contributed by atoms with van der Waals surface area (Å²) in [4.78, 5) is 15.8. The minimum absolute atomic E-state index is 0.308. The molecule has 0 bridgehead atoms. The summed E-state index contributed by atoms with van der Waals surface area (Å²) in [6.45, 7) is 5.44. The van der Waals surface area contributed by atoms with Crippen molar-refractivity contribution in [3.63, 3.8) is 0 Å². The molecule has 1 fully saturated rings. The summed E-state index contributed by atoms with van der Waals surface area (Å²) >= 11 is 6.35. The van der Waals surface area contributed by atoms with Crippen LogP contribution in [0, 0.1) is 6.92 Å². The van der Waals surface area contributed by atoms with Crippen molar-refractivity contribution in [3.05, 3.63) is 58.1 Å². The quantitative estimate of drug-likeness (QED) is 0.703. The molecular formula is C23H25ClF3N3O. The van der Waals surface area contributed by atoms with Crippen molar-refractivity contribution in [2.75, 3.05) is 36.9 Å². The van der Waals surface area contributed by atoms with E-state index in [4.69, 9.17) is 11.6 Å². The SMILES string of the molecule is Cc1c(Cl)cccc1C1(Nc2ccc3c(c2)N(CC(F)(F)F)C(=O)C3(C)C)CN(C)C1. The first-order valence-corrected chi connectivity index (χ1v) is 10.5. The Morgan fingerprint density at radius 2 is 1.81 bits per heavy atom. The van der Waals surface area contributed by atoms with Gasteiger partial charge in [0.2, 0.25) is 5.91 Å². The number of halogens is 4. The van der Waals surface area contributed by atoms with E-state index >= 15 is 0 Å². The number of fused-ring (bicyclic) bond motifs is 1. The number of hydrogen-bond donors (Lipinski definition) is 1. The number of carbonyl (C=O) groups is 1. The average Bonchev–Trinajstić information content (AvgIpc) is 2.82. The number of nitrogens with one attached hydrogen (secondary N) is 1. The van der Waals surface area contributed by atoms with Crippen LogP contribution in [0.1, 0.15) is 30.5 Å². The summed E-state index contributed by atoms with van der Waals surface area (Å²) < 4.78 is 39.5. The van der Waals surface area contributed by atoms with Gasteiger partial charge in [-0.2, -0.15) is 13.2 Å². The highest BCUT2D eigenvalue weighted by atomic mass is 35.5. The second kappa shape index (κ2) is 7.14. The van der Waals surface area contributed by atoms with Crippen molar-refractivity contribution in [2.24, 2.45) is 0 Å². The minimum Gasteiger partial charge on any atom is -0.373 e. The summed E-state index contributed by atoms with van der Waals surface area (Å²) in [6.07, 6.45) is -4.48. The molecule has 31 heavy (non-hydrogen) atoms. The smallest absolute Gasteiger partial charge is 0.373 e. The van der Waals surface area contributed by atoms with Crippen LogP contribution in [0.15, 0.2) is 36.4 Å². The molecular weight excluding hydrogens is 427 g/mol. The molecule has 166 valence electrons. The fourth-order valence-electron chi connectivity index (χ4n) is 4.85. The third-order valence-corrected chi connectivity index (χ3v) is 6.74. The van der Waals surface area contributed by atoms with Crippen LogP contribution in [-0.4, -0.2) is 43.7 Å². The molecule has 2 aliphatic rings. The fraction of sp³-hybridized carbons (Fsp3) is 0.435. The van der Waals surface area contributed by atoms with Gasteiger partial charge in [-0.25, -0.2) is 0 Å². The van der Waals surface area contributed by atoms with Crippen LogP contribution < -0.4 is 10.2 Å². The number of likely N-dealkylation sites (tertiary alicyclic amines) is 1. The van der Waals surface area contributed by atoms with Gasteiger partial charge in [0, 0.05) is 23.8 Å². The molecule has 0 radical (unpaired) electrons. The average molecular weight is 452 g/mol. The summed E-state index contributed by atoms with van der Waals surface area (Å²) in [5.41, 5.74) is 2.20. The van der Waals surface area contributed by atoms with Crippen LogP contribution in [0.3, 0.4) is 0 Å². The second-order valence-corrected chi connectivity index (χ2v) is 9.56. The largest absolute Gasteiger partial charge is 0.406 e. The highest BCUT2D eigenvalue weighted by Gasteiger charge is 2.48. The maximum absolute atomic E-state index is 13.2. The molecule has 1 N–H and O–H groups in total. The summed E-state index contributed by atoms with van der Waals surface area (Å²) in [6, 6.07) is 11.0. The number of rotatable bonds is 4. The van der Waals surface area contributed by atoms with E-state index in [2.05, 4.69) is 10.2 Å². The number of hydrogen-bond acceptors (Lipinski definition) is 3. The maximum Gasteiger partial charge on any atom is 0.406 e. The summed E-state index contributed by atoms with van der Waals surface area (Å²) in [7, 11) is 2.01. The third-order valence-electron chi connectivity index (χ3n) is 6.33. The molecule has 8 heteroatoms. The maximum atomic E-state index is 13.2. The van der Waals surface area contributed by atoms with Crippen LogP contribution in [0.2, 0.25) is 5.02 Å². The van der Waals surface area contributed by atoms with Crippen molar-refractivity contribution >= 4 is 28.9 Å². The van der Waals surface area contributed by atoms with E-state index in [1.54, 1.807) is 26.0 Å². The van der Waals surface area contributed by atoms with Crippen LogP contribution in [-0.2, 0) is 15.7 Å². The van der Waals surface area contributed by atoms with E-state index in [-0.39, 0.29) is 0 Å². The van der Waals surface area contributed by atoms with Crippen molar-refractivity contribution in [3.8, 4) is 0 Å². The van der Waals surface area contributed by atoms with E-state index in [1.165, 1.54) is 0 Å². The Morgan fingerprint density at radius 3 is 2.42 bits per heavy atom. The number of likely N-dealkylation sites (N-methyl/N-ethyl adjacent to an activating group) is 1. The van der Waals surface area contributed by atoms with Gasteiger partial charge in [0.1, 0.15) is 6.54 Å². The van der Waals surface area contributed by atoms with Crippen LogP contribution in [0.25, 0.3) is 0 Å². The van der Waals surface area contributed by atoms with Crippen LogP contribution >= 0.6 is 11.6 Å². The summed E-state index contributed by atoms with van der Waals surface area (Å²) in [5.74, 6) is -0.541. The van der Waals surface area contributed by atoms with Gasteiger partial charge in [0.05, 0.1) is 16.6 Å². The van der Waals surface area contributed by atoms with Gasteiger partial charge < -0.3 is 15.1 Å². The lowest BCUT2D eigenvalue weighted by molar-refractivity contribution is -0.134. The molecule has 0 unspecified atom stereocenters. The molecule has 2 heterocycles. The van der Waals surface area contributed by atoms with Gasteiger partial charge in [-0.15, -0.1) is 0 Å². The lowest BCUT2D eigenvalue weighted by atomic mass is 9.80. The Balaban J connectivity index is 1.73. The van der Waals surface area contributed by atoms with Gasteiger partial charge in [0.15, 0.2) is 0 Å². The predicted molar refractivity (Wildman–Crippen MR) is 117 cm³/mol. The fourth-order valence-corrected chi connectivity index (χ4v) is 5.03. The Kier molecular flexibility index (Phi) is 5.06. The molecule has 0 saturated carbocycles. The molecule has 2 aromatic rings. The molecule has 2 aromatic carbocycles. The monoisotopic (exact) mass is 451 g/mol. The number of amides is 1. The first-order chi connectivity index (χ1) is 14.3. The lowest BCUT2D eigenvalue weighted by Gasteiger charge is -2.50. The summed E-state index contributed by atoms with van der Waals surface area (Å²) in [5, 5.41) is 4.21. The number of carbonyl (C=O) groups excluding carboxylic acids is 1. The number of alkyl halides is 3. The molecule has 0 atom stereocenters. The molecule has 0 aromatic heterocycles. The van der Waals surface area contributed by atoms with E-state index in [1.807, 2.05) is 38.2 Å². The molecule has 4 rings (SSSR count).